The first-order valence-electron chi connectivity index (χ1n) is 13.0. The van der Waals surface area contributed by atoms with E-state index in [1.165, 1.54) is 0 Å². The van der Waals surface area contributed by atoms with Crippen molar-refractivity contribution in [3.63, 3.8) is 0 Å². The van der Waals surface area contributed by atoms with Crippen LogP contribution in [-0.4, -0.2) is 67.6 Å². The van der Waals surface area contributed by atoms with Gasteiger partial charge in [-0.2, -0.15) is 0 Å². The Bertz CT molecular complexity index is 908. The Balaban J connectivity index is 3.08. The van der Waals surface area contributed by atoms with Crippen LogP contribution in [0, 0.1) is 11.3 Å². The van der Waals surface area contributed by atoms with Crippen molar-refractivity contribution in [3.05, 3.63) is 47.5 Å². The van der Waals surface area contributed by atoms with Crippen molar-refractivity contribution in [1.82, 2.24) is 15.5 Å². The van der Waals surface area contributed by atoms with Crippen LogP contribution in [0.2, 0.25) is 0 Å². The second-order valence-corrected chi connectivity index (χ2v) is 10.8. The number of rotatable bonds is 13. The van der Waals surface area contributed by atoms with Gasteiger partial charge in [-0.1, -0.05) is 71.0 Å². The zero-order chi connectivity index (χ0) is 28.3. The third kappa shape index (κ3) is 9.93. The average molecular weight is 518 g/mol. The molecule has 8 heteroatoms. The predicted molar refractivity (Wildman–Crippen MR) is 147 cm³/mol. The molecule has 0 unspecified atom stereocenters. The van der Waals surface area contributed by atoms with Gasteiger partial charge in [-0.3, -0.25) is 9.59 Å². The minimum Gasteiger partial charge on any atom is -0.463 e. The Labute approximate surface area is 223 Å². The minimum atomic E-state index is -0.792. The first kappa shape index (κ1) is 32.3. The van der Waals surface area contributed by atoms with E-state index >= 15 is 0 Å². The van der Waals surface area contributed by atoms with Crippen LogP contribution < -0.4 is 10.6 Å². The molecular weight excluding hydrogens is 470 g/mol. The molecule has 1 rings (SSSR count). The van der Waals surface area contributed by atoms with Crippen molar-refractivity contribution in [2.24, 2.45) is 11.3 Å². The second-order valence-electron chi connectivity index (χ2n) is 10.8. The molecule has 1 aromatic carbocycles. The van der Waals surface area contributed by atoms with E-state index in [1.54, 1.807) is 38.9 Å². The number of hydrogen-bond donors (Lipinski definition) is 2. The Morgan fingerprint density at radius 1 is 1.08 bits per heavy atom. The summed E-state index contributed by atoms with van der Waals surface area (Å²) in [5, 5.41) is 6.00. The van der Waals surface area contributed by atoms with Crippen LogP contribution in [0.1, 0.15) is 61.0 Å². The van der Waals surface area contributed by atoms with Crippen molar-refractivity contribution in [1.29, 1.82) is 0 Å². The normalized spacial score (nSPS) is 15.5. The molecule has 37 heavy (non-hydrogen) atoms. The number of benzene rings is 1. The number of nitrogens with one attached hydrogen (secondary N) is 2. The highest BCUT2D eigenvalue weighted by Gasteiger charge is 2.38. The Morgan fingerprint density at radius 3 is 2.16 bits per heavy atom. The SMILES string of the molecule is CCOC(=O)/C(C)=C/[C@H](C(C)C)N(C)C(=O)[C@@H](NC(=O)[C@@H](NC)[C@@H](C)OCc1ccccc1)C(C)(C)C. The number of esters is 1. The maximum absolute atomic E-state index is 13.8. The smallest absolute Gasteiger partial charge is 0.333 e. The van der Waals surface area contributed by atoms with Crippen LogP contribution in [0.25, 0.3) is 0 Å². The van der Waals surface area contributed by atoms with Gasteiger partial charge >= 0.3 is 5.97 Å². The van der Waals surface area contributed by atoms with Gasteiger partial charge in [0.05, 0.1) is 25.4 Å². The monoisotopic (exact) mass is 517 g/mol. The molecule has 0 aliphatic carbocycles. The van der Waals surface area contributed by atoms with Gasteiger partial charge in [-0.15, -0.1) is 0 Å². The molecule has 4 atom stereocenters. The van der Waals surface area contributed by atoms with Crippen molar-refractivity contribution in [2.45, 2.75) is 86.2 Å². The van der Waals surface area contributed by atoms with Gasteiger partial charge in [0.2, 0.25) is 11.8 Å². The van der Waals surface area contributed by atoms with E-state index in [1.807, 2.05) is 71.9 Å². The first-order chi connectivity index (χ1) is 17.2. The molecule has 8 nitrogen and oxygen atoms in total. The van der Waals surface area contributed by atoms with Crippen molar-refractivity contribution in [3.8, 4) is 0 Å². The van der Waals surface area contributed by atoms with Gasteiger partial charge in [-0.25, -0.2) is 4.79 Å². The summed E-state index contributed by atoms with van der Waals surface area (Å²) >= 11 is 0. The first-order valence-corrected chi connectivity index (χ1v) is 13.0. The molecule has 0 fully saturated rings. The van der Waals surface area contributed by atoms with Crippen molar-refractivity contribution < 1.29 is 23.9 Å². The van der Waals surface area contributed by atoms with Gasteiger partial charge in [-0.05, 0) is 44.7 Å². The van der Waals surface area contributed by atoms with Crippen LogP contribution in [0.15, 0.2) is 42.0 Å². The highest BCUT2D eigenvalue weighted by atomic mass is 16.5. The Morgan fingerprint density at radius 2 is 1.68 bits per heavy atom. The van der Waals surface area contributed by atoms with E-state index in [0.29, 0.717) is 12.2 Å². The van der Waals surface area contributed by atoms with Gasteiger partial charge in [0, 0.05) is 12.6 Å². The lowest BCUT2D eigenvalue weighted by Crippen LogP contribution is -2.60. The summed E-state index contributed by atoms with van der Waals surface area (Å²) in [5.74, 6) is -0.925. The molecular formula is C29H47N3O5. The fraction of sp³-hybridized carbons (Fsp3) is 0.621. The van der Waals surface area contributed by atoms with Crippen LogP contribution >= 0.6 is 0 Å². The lowest BCUT2D eigenvalue weighted by atomic mass is 9.84. The molecule has 208 valence electrons. The molecule has 2 amide bonds. The lowest BCUT2D eigenvalue weighted by molar-refractivity contribution is -0.141. The average Bonchev–Trinajstić information content (AvgIpc) is 2.83. The maximum atomic E-state index is 13.8. The third-order valence-corrected chi connectivity index (χ3v) is 6.31. The highest BCUT2D eigenvalue weighted by Crippen LogP contribution is 2.24. The Kier molecular flexibility index (Phi) is 13.0. The second kappa shape index (κ2) is 14.9. The predicted octanol–water partition coefficient (Wildman–Crippen LogP) is 3.70. The standard InChI is InChI=1S/C29H47N3O5/c1-11-36-28(35)20(4)17-23(19(2)3)32(10)27(34)25(29(6,7)8)31-26(33)24(30-9)21(5)37-18-22-15-13-12-14-16-22/h12-17,19,21,23-25,30H,11,18H2,1-10H3,(H,31,33)/b20-17+/t21-,23-,24+,25-/m1/s1. The summed E-state index contributed by atoms with van der Waals surface area (Å²) in [6.45, 7) is 15.6. The number of nitrogens with zero attached hydrogens (tertiary/aromatic N) is 1. The zero-order valence-electron chi connectivity index (χ0n) is 24.3. The lowest BCUT2D eigenvalue weighted by Gasteiger charge is -2.38. The molecule has 0 spiro atoms. The number of carbonyl (C=O) groups excluding carboxylic acids is 3. The number of ether oxygens (including phenoxy) is 2. The highest BCUT2D eigenvalue weighted by molar-refractivity contribution is 5.91. The summed E-state index contributed by atoms with van der Waals surface area (Å²) in [7, 11) is 3.40. The van der Waals surface area contributed by atoms with Crippen molar-refractivity contribution in [2.75, 3.05) is 20.7 Å². The van der Waals surface area contributed by atoms with E-state index < -0.39 is 29.6 Å². The minimum absolute atomic E-state index is 0.0334. The molecule has 0 aliphatic rings. The summed E-state index contributed by atoms with van der Waals surface area (Å²) in [6.07, 6.45) is 1.33. The molecule has 0 radical (unpaired) electrons. The topological polar surface area (TPSA) is 97.0 Å². The largest absolute Gasteiger partial charge is 0.463 e. The molecule has 1 aromatic rings. The van der Waals surface area contributed by atoms with Crippen LogP contribution in [-0.2, 0) is 30.5 Å². The molecule has 0 aromatic heterocycles. The van der Waals surface area contributed by atoms with Gasteiger partial charge in [0.25, 0.3) is 0 Å². The van der Waals surface area contributed by atoms with Gasteiger partial charge in [0.15, 0.2) is 0 Å². The van der Waals surface area contributed by atoms with E-state index in [2.05, 4.69) is 10.6 Å². The van der Waals surface area contributed by atoms with E-state index in [-0.39, 0.29) is 30.4 Å². The van der Waals surface area contributed by atoms with Gasteiger partial charge in [0.1, 0.15) is 12.1 Å². The summed E-state index contributed by atoms with van der Waals surface area (Å²) in [4.78, 5) is 40.9. The van der Waals surface area contributed by atoms with E-state index in [4.69, 9.17) is 9.47 Å². The third-order valence-electron chi connectivity index (χ3n) is 6.31. The van der Waals surface area contributed by atoms with E-state index in [9.17, 15) is 14.4 Å². The molecule has 0 bridgehead atoms. The molecule has 0 heterocycles. The fourth-order valence-electron chi connectivity index (χ4n) is 4.03. The van der Waals surface area contributed by atoms with Crippen molar-refractivity contribution >= 4 is 17.8 Å². The zero-order valence-corrected chi connectivity index (χ0v) is 24.3. The van der Waals surface area contributed by atoms with Gasteiger partial charge < -0.3 is 25.0 Å². The summed E-state index contributed by atoms with van der Waals surface area (Å²) in [5.41, 5.74) is 0.894. The number of likely N-dealkylation sites (N-methyl/N-ethyl adjacent to an activating group) is 2. The molecule has 2 N–H and O–H groups in total. The fourth-order valence-corrected chi connectivity index (χ4v) is 4.03. The van der Waals surface area contributed by atoms with Crippen LogP contribution in [0.5, 0.6) is 0 Å². The summed E-state index contributed by atoms with van der Waals surface area (Å²) < 4.78 is 11.1. The number of amides is 2. The number of hydrogen-bond acceptors (Lipinski definition) is 6. The molecule has 0 saturated heterocycles. The van der Waals surface area contributed by atoms with E-state index in [0.717, 1.165) is 5.56 Å². The maximum Gasteiger partial charge on any atom is 0.333 e. The van der Waals surface area contributed by atoms with Crippen LogP contribution in [0.4, 0.5) is 0 Å². The Hall–Kier alpha value is -2.71. The molecule has 0 saturated carbocycles. The quantitative estimate of drug-likeness (QED) is 0.306. The van der Waals surface area contributed by atoms with Crippen LogP contribution in [0.3, 0.4) is 0 Å². The molecule has 0 aliphatic heterocycles. The summed E-state index contributed by atoms with van der Waals surface area (Å²) in [6, 6.07) is 7.95. The number of carbonyl (C=O) groups is 3.